The summed E-state index contributed by atoms with van der Waals surface area (Å²) < 4.78 is 8.35. The molecule has 3 rings (SSSR count). The largest absolute Gasteiger partial charge is 0.372 e. The lowest BCUT2D eigenvalue weighted by atomic mass is 9.65. The Kier molecular flexibility index (Phi) is 3.22. The third-order valence-corrected chi connectivity index (χ3v) is 5.05. The topological polar surface area (TPSA) is 13.1 Å². The van der Waals surface area contributed by atoms with Crippen molar-refractivity contribution in [2.24, 2.45) is 30.7 Å². The Balaban J connectivity index is 1.98. The van der Waals surface area contributed by atoms with Crippen LogP contribution in [0.5, 0.6) is 0 Å². The van der Waals surface area contributed by atoms with Crippen LogP contribution in [0.15, 0.2) is 36.2 Å². The highest BCUT2D eigenvalue weighted by molar-refractivity contribution is 5.22. The van der Waals surface area contributed by atoms with Crippen LogP contribution in [-0.2, 0) is 11.8 Å². The van der Waals surface area contributed by atoms with E-state index in [1.807, 2.05) is 0 Å². The number of nitrogens with zero attached hydrogens (tertiary/aromatic N) is 1. The molecule has 0 saturated carbocycles. The van der Waals surface area contributed by atoms with Gasteiger partial charge in [0.2, 0.25) is 0 Å². The zero-order chi connectivity index (χ0) is 13.6. The van der Waals surface area contributed by atoms with Gasteiger partial charge in [0.25, 0.3) is 0 Å². The van der Waals surface area contributed by atoms with Crippen LogP contribution in [0.25, 0.3) is 0 Å². The van der Waals surface area contributed by atoms with Gasteiger partial charge >= 0.3 is 0 Å². The number of ether oxygens (including phenoxy) is 1. The molecule has 0 amide bonds. The third-order valence-electron chi connectivity index (χ3n) is 5.05. The number of rotatable bonds is 1. The maximum Gasteiger partial charge on any atom is 0.174 e. The van der Waals surface area contributed by atoms with E-state index >= 15 is 0 Å². The molecular formula is C17H24NO+. The smallest absolute Gasteiger partial charge is 0.174 e. The average Bonchev–Trinajstić information content (AvgIpc) is 2.35. The Morgan fingerprint density at radius 2 is 2.11 bits per heavy atom. The van der Waals surface area contributed by atoms with Gasteiger partial charge in [0.05, 0.1) is 12.7 Å². The van der Waals surface area contributed by atoms with Gasteiger partial charge in [-0.3, -0.25) is 0 Å². The van der Waals surface area contributed by atoms with Crippen molar-refractivity contribution < 1.29 is 9.30 Å². The zero-order valence-electron chi connectivity index (χ0n) is 12.3. The number of hydrogen-bond donors (Lipinski definition) is 0. The summed E-state index contributed by atoms with van der Waals surface area (Å²) in [7, 11) is 2.07. The van der Waals surface area contributed by atoms with Gasteiger partial charge in [-0.05, 0) is 30.7 Å². The van der Waals surface area contributed by atoms with Crippen LogP contribution in [-0.4, -0.2) is 6.61 Å². The fourth-order valence-corrected chi connectivity index (χ4v) is 4.03. The molecule has 1 aliphatic heterocycles. The minimum absolute atomic E-state index is 0.224. The van der Waals surface area contributed by atoms with Gasteiger partial charge in [-0.15, -0.1) is 0 Å². The van der Waals surface area contributed by atoms with Gasteiger partial charge < -0.3 is 4.74 Å². The van der Waals surface area contributed by atoms with Crippen LogP contribution in [0.4, 0.5) is 0 Å². The third kappa shape index (κ3) is 2.12. The monoisotopic (exact) mass is 258 g/mol. The second-order valence-electron chi connectivity index (χ2n) is 6.38. The molecule has 1 aromatic heterocycles. The summed E-state index contributed by atoms with van der Waals surface area (Å²) in [5.74, 6) is 2.59. The molecule has 102 valence electrons. The van der Waals surface area contributed by atoms with Crippen molar-refractivity contribution >= 4 is 0 Å². The molecule has 2 heteroatoms. The molecule has 0 unspecified atom stereocenters. The Morgan fingerprint density at radius 3 is 2.84 bits per heavy atom. The van der Waals surface area contributed by atoms with Crippen molar-refractivity contribution in [1.29, 1.82) is 0 Å². The first-order valence-corrected chi connectivity index (χ1v) is 7.33. The first-order valence-electron chi connectivity index (χ1n) is 7.33. The van der Waals surface area contributed by atoms with Gasteiger partial charge in [-0.2, -0.15) is 0 Å². The van der Waals surface area contributed by atoms with Gasteiger partial charge in [-0.1, -0.05) is 25.5 Å². The van der Waals surface area contributed by atoms with E-state index in [1.165, 1.54) is 11.1 Å². The van der Waals surface area contributed by atoms with Crippen molar-refractivity contribution in [3.05, 3.63) is 41.7 Å². The predicted octanol–water partition coefficient (Wildman–Crippen LogP) is 3.05. The Bertz CT molecular complexity index is 508. The van der Waals surface area contributed by atoms with E-state index in [0.717, 1.165) is 6.61 Å². The Hall–Kier alpha value is -1.15. The average molecular weight is 258 g/mol. The first-order chi connectivity index (χ1) is 9.08. The molecule has 2 nitrogen and oxygen atoms in total. The maximum atomic E-state index is 6.24. The second-order valence-corrected chi connectivity index (χ2v) is 6.38. The summed E-state index contributed by atoms with van der Waals surface area (Å²) in [4.78, 5) is 0. The molecule has 0 spiro atoms. The van der Waals surface area contributed by atoms with Crippen LogP contribution in [0, 0.1) is 23.7 Å². The summed E-state index contributed by atoms with van der Waals surface area (Å²) in [6.07, 6.45) is 6.96. The lowest BCUT2D eigenvalue weighted by Crippen LogP contribution is -2.43. The quantitative estimate of drug-likeness (QED) is 0.557. The Labute approximate surface area is 116 Å². The number of hydrogen-bond acceptors (Lipinski definition) is 1. The van der Waals surface area contributed by atoms with E-state index in [2.05, 4.69) is 63.0 Å². The molecule has 0 aromatic carbocycles. The summed E-state index contributed by atoms with van der Waals surface area (Å²) in [6.45, 7) is 7.90. The summed E-state index contributed by atoms with van der Waals surface area (Å²) in [6, 6.07) is 4.31. The molecule has 19 heavy (non-hydrogen) atoms. The summed E-state index contributed by atoms with van der Waals surface area (Å²) in [5.41, 5.74) is 2.81. The molecule has 1 aliphatic carbocycles. The van der Waals surface area contributed by atoms with Crippen molar-refractivity contribution in [2.45, 2.75) is 26.9 Å². The molecule has 5 atom stereocenters. The van der Waals surface area contributed by atoms with E-state index in [-0.39, 0.29) is 6.10 Å². The summed E-state index contributed by atoms with van der Waals surface area (Å²) >= 11 is 0. The molecule has 1 aromatic rings. The van der Waals surface area contributed by atoms with E-state index in [0.29, 0.717) is 23.7 Å². The SMILES string of the molecule is CC1=C[C@H](C)[C@H]2CO[C@@H](c3ccc[n+](C)c3)[C@@H]1[C@H]2C. The zero-order valence-corrected chi connectivity index (χ0v) is 12.3. The molecule has 0 radical (unpaired) electrons. The highest BCUT2D eigenvalue weighted by Gasteiger charge is 2.44. The predicted molar refractivity (Wildman–Crippen MR) is 75.4 cm³/mol. The number of aryl methyl sites for hydroxylation is 1. The van der Waals surface area contributed by atoms with Gasteiger partial charge in [0.15, 0.2) is 12.4 Å². The van der Waals surface area contributed by atoms with Crippen LogP contribution >= 0.6 is 0 Å². The van der Waals surface area contributed by atoms with Gasteiger partial charge in [0, 0.05) is 17.5 Å². The van der Waals surface area contributed by atoms with Crippen LogP contribution in [0.2, 0.25) is 0 Å². The van der Waals surface area contributed by atoms with Crippen molar-refractivity contribution in [3.8, 4) is 0 Å². The van der Waals surface area contributed by atoms with E-state index < -0.39 is 0 Å². The molecule has 0 N–H and O–H groups in total. The lowest BCUT2D eigenvalue weighted by molar-refractivity contribution is -0.672. The highest BCUT2D eigenvalue weighted by atomic mass is 16.5. The highest BCUT2D eigenvalue weighted by Crippen LogP contribution is 2.49. The molecule has 2 aliphatic rings. The van der Waals surface area contributed by atoms with E-state index in [4.69, 9.17) is 4.74 Å². The summed E-state index contributed by atoms with van der Waals surface area (Å²) in [5, 5.41) is 0. The molecule has 2 bridgehead atoms. The number of aromatic nitrogens is 1. The molecule has 1 saturated heterocycles. The minimum atomic E-state index is 0.224. The first kappa shape index (κ1) is 12.9. The molecular weight excluding hydrogens is 234 g/mol. The van der Waals surface area contributed by atoms with Crippen molar-refractivity contribution in [1.82, 2.24) is 0 Å². The number of allylic oxidation sites excluding steroid dienone is 1. The Morgan fingerprint density at radius 1 is 1.32 bits per heavy atom. The van der Waals surface area contributed by atoms with Crippen LogP contribution in [0.1, 0.15) is 32.4 Å². The normalized spacial score (nSPS) is 37.9. The fourth-order valence-electron chi connectivity index (χ4n) is 4.03. The minimum Gasteiger partial charge on any atom is -0.372 e. The number of fused-ring (bicyclic) bond motifs is 2. The van der Waals surface area contributed by atoms with Crippen LogP contribution < -0.4 is 4.57 Å². The molecule has 2 heterocycles. The lowest BCUT2D eigenvalue weighted by Gasteiger charge is -2.47. The van der Waals surface area contributed by atoms with E-state index in [9.17, 15) is 0 Å². The van der Waals surface area contributed by atoms with Crippen LogP contribution in [0.3, 0.4) is 0 Å². The fraction of sp³-hybridized carbons (Fsp3) is 0.588. The van der Waals surface area contributed by atoms with E-state index in [1.54, 1.807) is 0 Å². The standard InChI is InChI=1S/C17H24NO/c1-11-8-12(2)16-13(3)15(11)10-19-17(16)14-6-5-7-18(4)9-14/h5-9,11,13,15-17H,10H2,1-4H3/q+1/t11-,13-,15+,16-,17-/m0/s1. The molecule has 1 fully saturated rings. The maximum absolute atomic E-state index is 6.24. The van der Waals surface area contributed by atoms with Crippen molar-refractivity contribution in [2.75, 3.05) is 6.61 Å². The second kappa shape index (κ2) is 4.75. The van der Waals surface area contributed by atoms with Crippen molar-refractivity contribution in [3.63, 3.8) is 0 Å². The number of pyridine rings is 1. The van der Waals surface area contributed by atoms with Gasteiger partial charge in [-0.25, -0.2) is 4.57 Å². The van der Waals surface area contributed by atoms with Gasteiger partial charge in [0.1, 0.15) is 7.05 Å².